The molecule has 0 spiro atoms. The van der Waals surface area contributed by atoms with E-state index in [4.69, 9.17) is 14.2 Å². The summed E-state index contributed by atoms with van der Waals surface area (Å²) in [7, 11) is 4.88. The van der Waals surface area contributed by atoms with Crippen LogP contribution in [-0.2, 0) is 6.54 Å². The molecule has 25 heavy (non-hydrogen) atoms. The maximum absolute atomic E-state index is 5.43. The molecule has 1 atom stereocenters. The molecule has 1 unspecified atom stereocenters. The summed E-state index contributed by atoms with van der Waals surface area (Å²) < 4.78 is 16.2. The number of nitrogens with one attached hydrogen (secondary N) is 1. The minimum atomic E-state index is 0. The van der Waals surface area contributed by atoms with E-state index in [2.05, 4.69) is 43.4 Å². The molecular formula is C20H28ClNO3. The molecule has 138 valence electrons. The van der Waals surface area contributed by atoms with Crippen LogP contribution in [0.5, 0.6) is 17.2 Å². The van der Waals surface area contributed by atoms with Gasteiger partial charge in [-0.3, -0.25) is 0 Å². The normalized spacial score (nSPS) is 11.6. The minimum Gasteiger partial charge on any atom is -0.493 e. The van der Waals surface area contributed by atoms with E-state index in [1.807, 2.05) is 18.2 Å². The second-order valence-electron chi connectivity index (χ2n) is 6.05. The molecule has 2 aromatic rings. The Morgan fingerprint density at radius 3 is 1.88 bits per heavy atom. The minimum absolute atomic E-state index is 0. The third-order valence-electron chi connectivity index (χ3n) is 4.08. The number of methoxy groups -OCH3 is 3. The highest BCUT2D eigenvalue weighted by molar-refractivity contribution is 5.85. The van der Waals surface area contributed by atoms with Crippen LogP contribution in [0.25, 0.3) is 0 Å². The number of halogens is 1. The average Bonchev–Trinajstić information content (AvgIpc) is 2.61. The van der Waals surface area contributed by atoms with Gasteiger partial charge >= 0.3 is 0 Å². The summed E-state index contributed by atoms with van der Waals surface area (Å²) in [5.74, 6) is 2.45. The van der Waals surface area contributed by atoms with E-state index in [-0.39, 0.29) is 18.4 Å². The molecule has 0 bridgehead atoms. The van der Waals surface area contributed by atoms with E-state index >= 15 is 0 Å². The Kier molecular flexibility index (Phi) is 8.59. The summed E-state index contributed by atoms with van der Waals surface area (Å²) in [5, 5.41) is 3.64. The molecule has 5 heteroatoms. The SMILES string of the molecule is COc1cc(CNC(c2ccccc2)C(C)C)cc(OC)c1OC.Cl. The van der Waals surface area contributed by atoms with E-state index < -0.39 is 0 Å². The molecule has 2 aromatic carbocycles. The summed E-state index contributed by atoms with van der Waals surface area (Å²) in [6.45, 7) is 5.16. The van der Waals surface area contributed by atoms with Crippen LogP contribution in [0.3, 0.4) is 0 Å². The van der Waals surface area contributed by atoms with Gasteiger partial charge in [0, 0.05) is 12.6 Å². The molecule has 0 aromatic heterocycles. The third kappa shape index (κ3) is 5.28. The molecule has 0 saturated carbocycles. The number of hydrogen-bond acceptors (Lipinski definition) is 4. The molecule has 2 rings (SSSR count). The van der Waals surface area contributed by atoms with E-state index in [0.29, 0.717) is 29.7 Å². The molecule has 0 fully saturated rings. The molecule has 0 aliphatic rings. The molecule has 0 amide bonds. The molecule has 1 N–H and O–H groups in total. The van der Waals surface area contributed by atoms with Crippen LogP contribution in [-0.4, -0.2) is 21.3 Å². The van der Waals surface area contributed by atoms with Gasteiger partial charge in [-0.25, -0.2) is 0 Å². The first kappa shape index (κ1) is 21.1. The largest absolute Gasteiger partial charge is 0.493 e. The Balaban J connectivity index is 0.00000312. The Morgan fingerprint density at radius 2 is 1.44 bits per heavy atom. The zero-order valence-corrected chi connectivity index (χ0v) is 16.4. The quantitative estimate of drug-likeness (QED) is 0.740. The highest BCUT2D eigenvalue weighted by Crippen LogP contribution is 2.38. The highest BCUT2D eigenvalue weighted by atomic mass is 35.5. The number of rotatable bonds is 8. The Labute approximate surface area is 156 Å². The topological polar surface area (TPSA) is 39.7 Å². The summed E-state index contributed by atoms with van der Waals surface area (Å²) in [4.78, 5) is 0. The average molecular weight is 366 g/mol. The molecule has 0 aliphatic heterocycles. The van der Waals surface area contributed by atoms with Crippen molar-refractivity contribution in [3.8, 4) is 17.2 Å². The first-order valence-electron chi connectivity index (χ1n) is 8.17. The van der Waals surface area contributed by atoms with Crippen molar-refractivity contribution < 1.29 is 14.2 Å². The maximum Gasteiger partial charge on any atom is 0.203 e. The van der Waals surface area contributed by atoms with E-state index in [0.717, 1.165) is 5.56 Å². The second kappa shape index (κ2) is 10.2. The predicted molar refractivity (Wildman–Crippen MR) is 104 cm³/mol. The van der Waals surface area contributed by atoms with Crippen molar-refractivity contribution >= 4 is 12.4 Å². The molecule has 0 radical (unpaired) electrons. The predicted octanol–water partition coefficient (Wildman–Crippen LogP) is 4.62. The molecule has 0 aliphatic carbocycles. The van der Waals surface area contributed by atoms with Gasteiger partial charge in [0.25, 0.3) is 0 Å². The standard InChI is InChI=1S/C20H27NO3.ClH/c1-14(2)19(16-9-7-6-8-10-16)21-13-15-11-17(22-3)20(24-5)18(12-15)23-4;/h6-12,14,19,21H,13H2,1-5H3;1H. The van der Waals surface area contributed by atoms with E-state index in [1.165, 1.54) is 5.56 Å². The fourth-order valence-corrected chi connectivity index (χ4v) is 2.86. The Hall–Kier alpha value is -1.91. The van der Waals surface area contributed by atoms with Crippen molar-refractivity contribution in [3.63, 3.8) is 0 Å². The lowest BCUT2D eigenvalue weighted by molar-refractivity contribution is 0.323. The smallest absolute Gasteiger partial charge is 0.203 e. The highest BCUT2D eigenvalue weighted by Gasteiger charge is 2.17. The van der Waals surface area contributed by atoms with Gasteiger partial charge < -0.3 is 19.5 Å². The van der Waals surface area contributed by atoms with Gasteiger partial charge in [0.05, 0.1) is 21.3 Å². The van der Waals surface area contributed by atoms with Gasteiger partial charge in [-0.1, -0.05) is 44.2 Å². The zero-order chi connectivity index (χ0) is 17.5. The molecule has 0 heterocycles. The van der Waals surface area contributed by atoms with Crippen molar-refractivity contribution in [2.24, 2.45) is 5.92 Å². The molecular weight excluding hydrogens is 338 g/mol. The lowest BCUT2D eigenvalue weighted by atomic mass is 9.96. The fraction of sp³-hybridized carbons (Fsp3) is 0.400. The van der Waals surface area contributed by atoms with Crippen LogP contribution >= 0.6 is 12.4 Å². The van der Waals surface area contributed by atoms with Crippen LogP contribution in [0.4, 0.5) is 0 Å². The van der Waals surface area contributed by atoms with E-state index in [1.54, 1.807) is 21.3 Å². The van der Waals surface area contributed by atoms with Crippen molar-refractivity contribution in [2.75, 3.05) is 21.3 Å². The Morgan fingerprint density at radius 1 is 0.880 bits per heavy atom. The maximum atomic E-state index is 5.43. The van der Waals surface area contributed by atoms with Gasteiger partial charge in [-0.05, 0) is 29.2 Å². The van der Waals surface area contributed by atoms with Gasteiger partial charge in [0.2, 0.25) is 5.75 Å². The summed E-state index contributed by atoms with van der Waals surface area (Å²) in [6.07, 6.45) is 0. The van der Waals surface area contributed by atoms with Gasteiger partial charge in [-0.2, -0.15) is 0 Å². The van der Waals surface area contributed by atoms with Crippen LogP contribution in [0.2, 0.25) is 0 Å². The number of hydrogen-bond donors (Lipinski definition) is 1. The lowest BCUT2D eigenvalue weighted by Crippen LogP contribution is -2.25. The fourth-order valence-electron chi connectivity index (χ4n) is 2.86. The zero-order valence-electron chi connectivity index (χ0n) is 15.5. The number of ether oxygens (including phenoxy) is 3. The van der Waals surface area contributed by atoms with Crippen LogP contribution in [0.15, 0.2) is 42.5 Å². The van der Waals surface area contributed by atoms with Gasteiger partial charge in [0.15, 0.2) is 11.5 Å². The van der Waals surface area contributed by atoms with Crippen molar-refractivity contribution in [1.29, 1.82) is 0 Å². The van der Waals surface area contributed by atoms with Gasteiger partial charge in [-0.15, -0.1) is 12.4 Å². The van der Waals surface area contributed by atoms with Crippen molar-refractivity contribution in [2.45, 2.75) is 26.4 Å². The van der Waals surface area contributed by atoms with Gasteiger partial charge in [0.1, 0.15) is 0 Å². The summed E-state index contributed by atoms with van der Waals surface area (Å²) >= 11 is 0. The van der Waals surface area contributed by atoms with Crippen LogP contribution in [0, 0.1) is 5.92 Å². The first-order chi connectivity index (χ1) is 11.6. The molecule has 0 saturated heterocycles. The first-order valence-corrected chi connectivity index (χ1v) is 8.17. The monoisotopic (exact) mass is 365 g/mol. The summed E-state index contributed by atoms with van der Waals surface area (Å²) in [6, 6.07) is 14.8. The van der Waals surface area contributed by atoms with Crippen LogP contribution < -0.4 is 19.5 Å². The van der Waals surface area contributed by atoms with E-state index in [9.17, 15) is 0 Å². The van der Waals surface area contributed by atoms with Crippen LogP contribution in [0.1, 0.15) is 31.0 Å². The lowest BCUT2D eigenvalue weighted by Gasteiger charge is -2.23. The number of benzene rings is 2. The third-order valence-corrected chi connectivity index (χ3v) is 4.08. The van der Waals surface area contributed by atoms with Crippen molar-refractivity contribution in [3.05, 3.63) is 53.6 Å². The Bertz CT molecular complexity index is 622. The summed E-state index contributed by atoms with van der Waals surface area (Å²) in [5.41, 5.74) is 2.38. The second-order valence-corrected chi connectivity index (χ2v) is 6.05. The molecule has 4 nitrogen and oxygen atoms in total. The van der Waals surface area contributed by atoms with Crippen molar-refractivity contribution in [1.82, 2.24) is 5.32 Å².